The maximum atomic E-state index is 11.3. The van der Waals surface area contributed by atoms with Gasteiger partial charge in [0.2, 0.25) is 0 Å². The molecule has 0 saturated carbocycles. The van der Waals surface area contributed by atoms with Gasteiger partial charge in [-0.25, -0.2) is 0 Å². The molecule has 3 nitrogen and oxygen atoms in total. The predicted octanol–water partition coefficient (Wildman–Crippen LogP) is 2.53. The Balaban J connectivity index is 1.99. The van der Waals surface area contributed by atoms with Gasteiger partial charge in [0.15, 0.2) is 0 Å². The molecule has 0 radical (unpaired) electrons. The Morgan fingerprint density at radius 1 is 1.11 bits per heavy atom. The van der Waals surface area contributed by atoms with Crippen molar-refractivity contribution in [2.24, 2.45) is 0 Å². The average Bonchev–Trinajstić information content (AvgIpc) is 2.46. The largest absolute Gasteiger partial charge is 0.392 e. The van der Waals surface area contributed by atoms with E-state index in [9.17, 15) is 4.21 Å². The van der Waals surface area contributed by atoms with Crippen LogP contribution in [0, 0.1) is 0 Å². The zero-order valence-corrected chi connectivity index (χ0v) is 11.6. The second-order valence-electron chi connectivity index (χ2n) is 4.31. The molecule has 0 aromatic heterocycles. The smallest absolute Gasteiger partial charge is 0.0682 e. The second-order valence-corrected chi connectivity index (χ2v) is 5.69. The Morgan fingerprint density at radius 2 is 1.84 bits per heavy atom. The summed E-state index contributed by atoms with van der Waals surface area (Å²) in [6, 6.07) is 15.4. The topological polar surface area (TPSA) is 49.3 Å². The summed E-state index contributed by atoms with van der Waals surface area (Å²) in [6.45, 7) is 0.748. The third-order valence-electron chi connectivity index (χ3n) is 2.86. The molecule has 0 heterocycles. The number of anilines is 1. The van der Waals surface area contributed by atoms with Crippen LogP contribution in [-0.2, 0) is 24.0 Å². The highest BCUT2D eigenvalue weighted by atomic mass is 32.2. The molecule has 0 bridgehead atoms. The predicted molar refractivity (Wildman–Crippen MR) is 78.5 cm³/mol. The first-order chi connectivity index (χ1) is 9.19. The molecule has 19 heavy (non-hydrogen) atoms. The van der Waals surface area contributed by atoms with E-state index in [1.165, 1.54) is 0 Å². The van der Waals surface area contributed by atoms with E-state index in [4.69, 9.17) is 5.11 Å². The van der Waals surface area contributed by atoms with Gasteiger partial charge in [-0.15, -0.1) is 0 Å². The molecule has 0 saturated heterocycles. The van der Waals surface area contributed by atoms with Crippen molar-refractivity contribution in [3.8, 4) is 0 Å². The third-order valence-corrected chi connectivity index (χ3v) is 3.80. The van der Waals surface area contributed by atoms with Crippen LogP contribution in [0.5, 0.6) is 0 Å². The molecule has 4 heteroatoms. The normalized spacial score (nSPS) is 12.1. The van der Waals surface area contributed by atoms with Crippen LogP contribution in [0.1, 0.15) is 11.1 Å². The lowest BCUT2D eigenvalue weighted by Crippen LogP contribution is -2.00. The van der Waals surface area contributed by atoms with Crippen LogP contribution in [0.2, 0.25) is 0 Å². The Labute approximate surface area is 115 Å². The summed E-state index contributed by atoms with van der Waals surface area (Å²) in [7, 11) is -0.930. The summed E-state index contributed by atoms with van der Waals surface area (Å²) in [4.78, 5) is 0.839. The van der Waals surface area contributed by atoms with Crippen molar-refractivity contribution >= 4 is 16.5 Å². The van der Waals surface area contributed by atoms with Crippen LogP contribution < -0.4 is 5.32 Å². The van der Waals surface area contributed by atoms with E-state index in [1.54, 1.807) is 6.26 Å². The SMILES string of the molecule is C[S@](=O)c1ccc(CNc2cccc(CO)c2)cc1. The van der Waals surface area contributed by atoms with E-state index >= 15 is 0 Å². The first-order valence-electron chi connectivity index (χ1n) is 6.05. The second kappa shape index (κ2) is 6.50. The highest BCUT2D eigenvalue weighted by molar-refractivity contribution is 7.84. The highest BCUT2D eigenvalue weighted by Gasteiger charge is 1.99. The Kier molecular flexibility index (Phi) is 4.71. The molecule has 0 aliphatic carbocycles. The van der Waals surface area contributed by atoms with E-state index in [-0.39, 0.29) is 6.61 Å². The van der Waals surface area contributed by atoms with Crippen molar-refractivity contribution < 1.29 is 9.32 Å². The number of nitrogens with one attached hydrogen (secondary N) is 1. The van der Waals surface area contributed by atoms with Gasteiger partial charge < -0.3 is 10.4 Å². The van der Waals surface area contributed by atoms with Crippen molar-refractivity contribution in [1.82, 2.24) is 0 Å². The van der Waals surface area contributed by atoms with Crippen LogP contribution in [0.25, 0.3) is 0 Å². The number of hydrogen-bond acceptors (Lipinski definition) is 3. The molecule has 0 aliphatic rings. The molecule has 2 aromatic rings. The minimum Gasteiger partial charge on any atom is -0.392 e. The van der Waals surface area contributed by atoms with Gasteiger partial charge >= 0.3 is 0 Å². The molecule has 0 amide bonds. The summed E-state index contributed by atoms with van der Waals surface area (Å²) < 4.78 is 11.3. The van der Waals surface area contributed by atoms with Gasteiger partial charge in [0.05, 0.1) is 6.61 Å². The van der Waals surface area contributed by atoms with E-state index in [1.807, 2.05) is 48.5 Å². The number of aliphatic hydroxyl groups is 1. The minimum atomic E-state index is -0.930. The van der Waals surface area contributed by atoms with Crippen LogP contribution in [0.4, 0.5) is 5.69 Å². The molecule has 2 aromatic carbocycles. The minimum absolute atomic E-state index is 0.0481. The lowest BCUT2D eigenvalue weighted by molar-refractivity contribution is 0.282. The van der Waals surface area contributed by atoms with Gasteiger partial charge in [0.1, 0.15) is 0 Å². The fourth-order valence-corrected chi connectivity index (χ4v) is 2.30. The number of hydrogen-bond donors (Lipinski definition) is 2. The maximum Gasteiger partial charge on any atom is 0.0682 e. The summed E-state index contributed by atoms with van der Waals surface area (Å²) in [6.07, 6.45) is 1.67. The highest BCUT2D eigenvalue weighted by Crippen LogP contribution is 2.13. The molecule has 2 N–H and O–H groups in total. The first-order valence-corrected chi connectivity index (χ1v) is 7.61. The van der Waals surface area contributed by atoms with E-state index in [0.29, 0.717) is 6.54 Å². The number of aliphatic hydroxyl groups excluding tert-OH is 1. The Morgan fingerprint density at radius 3 is 2.47 bits per heavy atom. The molecule has 0 fully saturated rings. The molecule has 1 atom stereocenters. The van der Waals surface area contributed by atoms with Crippen LogP contribution >= 0.6 is 0 Å². The summed E-state index contributed by atoms with van der Waals surface area (Å²) >= 11 is 0. The quantitative estimate of drug-likeness (QED) is 0.881. The molecule has 0 spiro atoms. The monoisotopic (exact) mass is 275 g/mol. The van der Waals surface area contributed by atoms with E-state index < -0.39 is 10.8 Å². The first kappa shape index (κ1) is 13.8. The fraction of sp³-hybridized carbons (Fsp3) is 0.200. The van der Waals surface area contributed by atoms with Crippen molar-refractivity contribution in [2.75, 3.05) is 11.6 Å². The maximum absolute atomic E-state index is 11.3. The van der Waals surface area contributed by atoms with Crippen molar-refractivity contribution in [2.45, 2.75) is 18.0 Å². The zero-order valence-electron chi connectivity index (χ0n) is 10.8. The van der Waals surface area contributed by atoms with Crippen LogP contribution in [0.15, 0.2) is 53.4 Å². The van der Waals surface area contributed by atoms with Gasteiger partial charge in [0.25, 0.3) is 0 Å². The molecular formula is C15H17NO2S. The standard InChI is InChI=1S/C15H17NO2S/c1-19(18)15-7-5-12(6-8-15)10-16-14-4-2-3-13(9-14)11-17/h2-9,16-17H,10-11H2,1H3/t19-/m0/s1. The van der Waals surface area contributed by atoms with Crippen LogP contribution in [-0.4, -0.2) is 15.6 Å². The summed E-state index contributed by atoms with van der Waals surface area (Å²) in [5, 5.41) is 12.4. The van der Waals surface area contributed by atoms with Gasteiger partial charge in [-0.2, -0.15) is 0 Å². The number of rotatable bonds is 5. The molecule has 0 unspecified atom stereocenters. The van der Waals surface area contributed by atoms with Crippen molar-refractivity contribution in [1.29, 1.82) is 0 Å². The van der Waals surface area contributed by atoms with Gasteiger partial charge in [0, 0.05) is 34.2 Å². The van der Waals surface area contributed by atoms with E-state index in [0.717, 1.165) is 21.7 Å². The molecule has 0 aliphatic heterocycles. The Hall–Kier alpha value is -1.65. The van der Waals surface area contributed by atoms with Gasteiger partial charge in [-0.1, -0.05) is 24.3 Å². The van der Waals surface area contributed by atoms with Crippen molar-refractivity contribution in [3.05, 3.63) is 59.7 Å². The Bertz CT molecular complexity index is 567. The summed E-state index contributed by atoms with van der Waals surface area (Å²) in [5.74, 6) is 0. The van der Waals surface area contributed by atoms with Gasteiger partial charge in [-0.3, -0.25) is 4.21 Å². The average molecular weight is 275 g/mol. The lowest BCUT2D eigenvalue weighted by Gasteiger charge is -2.08. The van der Waals surface area contributed by atoms with Crippen LogP contribution in [0.3, 0.4) is 0 Å². The zero-order chi connectivity index (χ0) is 13.7. The van der Waals surface area contributed by atoms with E-state index in [2.05, 4.69) is 5.32 Å². The fourth-order valence-electron chi connectivity index (χ4n) is 1.78. The van der Waals surface area contributed by atoms with Gasteiger partial charge in [-0.05, 0) is 35.4 Å². The molecular weight excluding hydrogens is 258 g/mol. The van der Waals surface area contributed by atoms with Crippen molar-refractivity contribution in [3.63, 3.8) is 0 Å². The molecule has 2 rings (SSSR count). The third kappa shape index (κ3) is 3.91. The lowest BCUT2D eigenvalue weighted by atomic mass is 10.2. The molecule has 100 valence electrons. The summed E-state index contributed by atoms with van der Waals surface area (Å²) in [5.41, 5.74) is 3.00. The number of benzene rings is 2.